The molecule has 1 aliphatic rings. The lowest BCUT2D eigenvalue weighted by Crippen LogP contribution is -1.99. The molecule has 1 saturated carbocycles. The topological polar surface area (TPSA) is 65.0 Å². The Bertz CT molecular complexity index is 384. The van der Waals surface area contributed by atoms with Crippen LogP contribution in [0.25, 0.3) is 0 Å². The zero-order valence-electron chi connectivity index (χ0n) is 11.2. The third kappa shape index (κ3) is 3.68. The number of hydrogen-bond donors (Lipinski definition) is 0. The summed E-state index contributed by atoms with van der Waals surface area (Å²) in [5, 5.41) is 3.62. The minimum absolute atomic E-state index is 0.0205. The average Bonchev–Trinajstić information content (AvgIpc) is 2.77. The molecule has 0 amide bonds. The molecular formula is C13H19NO4. The third-order valence-corrected chi connectivity index (χ3v) is 3.12. The minimum atomic E-state index is -0.441. The molecular weight excluding hydrogens is 234 g/mol. The standard InChI is InChI=1S/C13H19NO4/c1-5-17-12(16)7-6-10-11(13(10,3)4)8-14-18-9(2)15/h6-8,10-11H,5H2,1-4H3/b7-6+,14-8+. The number of esters is 1. The van der Waals surface area contributed by atoms with E-state index < -0.39 is 5.97 Å². The molecule has 0 heterocycles. The van der Waals surface area contributed by atoms with Gasteiger partial charge >= 0.3 is 11.9 Å². The zero-order valence-corrected chi connectivity index (χ0v) is 11.2. The maximum absolute atomic E-state index is 11.2. The fourth-order valence-electron chi connectivity index (χ4n) is 1.91. The van der Waals surface area contributed by atoms with Crippen LogP contribution in [-0.4, -0.2) is 24.8 Å². The van der Waals surface area contributed by atoms with E-state index in [0.29, 0.717) is 6.61 Å². The molecule has 5 nitrogen and oxygen atoms in total. The van der Waals surface area contributed by atoms with E-state index in [2.05, 4.69) is 23.8 Å². The molecule has 0 aromatic heterocycles. The third-order valence-electron chi connectivity index (χ3n) is 3.12. The summed E-state index contributed by atoms with van der Waals surface area (Å²) in [7, 11) is 0. The molecule has 1 fully saturated rings. The van der Waals surface area contributed by atoms with Gasteiger partial charge in [0.15, 0.2) is 0 Å². The maximum atomic E-state index is 11.2. The SMILES string of the molecule is CCOC(=O)/C=C/C1C(/C=N/OC(C)=O)C1(C)C. The zero-order chi connectivity index (χ0) is 13.8. The summed E-state index contributed by atoms with van der Waals surface area (Å²) in [5.74, 6) is -0.400. The Kier molecular flexibility index (Phi) is 4.64. The minimum Gasteiger partial charge on any atom is -0.463 e. The molecule has 0 N–H and O–H groups in total. The second-order valence-corrected chi connectivity index (χ2v) is 4.82. The van der Waals surface area contributed by atoms with Crippen LogP contribution in [0.1, 0.15) is 27.7 Å². The van der Waals surface area contributed by atoms with E-state index in [9.17, 15) is 9.59 Å². The number of allylic oxidation sites excluding steroid dienone is 1. The lowest BCUT2D eigenvalue weighted by molar-refractivity contribution is -0.141. The Balaban J connectivity index is 2.50. The molecule has 0 spiro atoms. The normalized spacial score (nSPS) is 25.3. The maximum Gasteiger partial charge on any atom is 0.331 e. The average molecular weight is 253 g/mol. The molecule has 18 heavy (non-hydrogen) atoms. The van der Waals surface area contributed by atoms with Gasteiger partial charge in [0.05, 0.1) is 6.61 Å². The van der Waals surface area contributed by atoms with Gasteiger partial charge in [-0.15, -0.1) is 0 Å². The van der Waals surface area contributed by atoms with Crippen LogP contribution in [0.3, 0.4) is 0 Å². The van der Waals surface area contributed by atoms with Crippen molar-refractivity contribution in [3.8, 4) is 0 Å². The van der Waals surface area contributed by atoms with E-state index in [1.807, 2.05) is 6.08 Å². The molecule has 100 valence electrons. The van der Waals surface area contributed by atoms with E-state index in [-0.39, 0.29) is 23.2 Å². The Morgan fingerprint density at radius 2 is 2.00 bits per heavy atom. The molecule has 1 aliphatic carbocycles. The van der Waals surface area contributed by atoms with Crippen molar-refractivity contribution in [2.45, 2.75) is 27.7 Å². The summed E-state index contributed by atoms with van der Waals surface area (Å²) in [4.78, 5) is 26.3. The monoisotopic (exact) mass is 253 g/mol. The Morgan fingerprint density at radius 1 is 1.33 bits per heavy atom. The molecule has 2 unspecified atom stereocenters. The quantitative estimate of drug-likeness (QED) is 0.247. The lowest BCUT2D eigenvalue weighted by Gasteiger charge is -1.97. The Morgan fingerprint density at radius 3 is 2.56 bits per heavy atom. The van der Waals surface area contributed by atoms with Crippen LogP contribution in [-0.2, 0) is 19.2 Å². The van der Waals surface area contributed by atoms with Crippen molar-refractivity contribution in [1.82, 2.24) is 0 Å². The van der Waals surface area contributed by atoms with Crippen LogP contribution in [0.4, 0.5) is 0 Å². The van der Waals surface area contributed by atoms with Gasteiger partial charge in [-0.25, -0.2) is 9.59 Å². The molecule has 0 saturated heterocycles. The summed E-state index contributed by atoms with van der Waals surface area (Å²) in [6, 6.07) is 0. The molecule has 0 aromatic rings. The molecule has 0 radical (unpaired) electrons. The molecule has 0 aliphatic heterocycles. The second kappa shape index (κ2) is 5.80. The van der Waals surface area contributed by atoms with Crippen LogP contribution in [0.2, 0.25) is 0 Å². The highest BCUT2D eigenvalue weighted by atomic mass is 16.7. The van der Waals surface area contributed by atoms with Gasteiger partial charge in [0.1, 0.15) is 0 Å². The molecule has 0 aromatic carbocycles. The highest BCUT2D eigenvalue weighted by Crippen LogP contribution is 2.57. The fourth-order valence-corrected chi connectivity index (χ4v) is 1.91. The first-order valence-electron chi connectivity index (χ1n) is 5.95. The van der Waals surface area contributed by atoms with Gasteiger partial charge in [-0.05, 0) is 18.3 Å². The number of hydrogen-bond acceptors (Lipinski definition) is 5. The summed E-state index contributed by atoms with van der Waals surface area (Å²) >= 11 is 0. The number of rotatable bonds is 5. The first-order valence-corrected chi connectivity index (χ1v) is 5.95. The Labute approximate surface area is 107 Å². The number of oxime groups is 1. The molecule has 2 atom stereocenters. The molecule has 0 bridgehead atoms. The van der Waals surface area contributed by atoms with Crippen LogP contribution in [0, 0.1) is 17.3 Å². The largest absolute Gasteiger partial charge is 0.463 e. The van der Waals surface area contributed by atoms with Crippen LogP contribution < -0.4 is 0 Å². The van der Waals surface area contributed by atoms with Crippen LogP contribution in [0.5, 0.6) is 0 Å². The first-order chi connectivity index (χ1) is 8.39. The van der Waals surface area contributed by atoms with Gasteiger partial charge in [-0.1, -0.05) is 25.1 Å². The highest BCUT2D eigenvalue weighted by molar-refractivity contribution is 5.82. The van der Waals surface area contributed by atoms with E-state index in [1.54, 1.807) is 13.1 Å². The number of carbonyl (C=O) groups excluding carboxylic acids is 2. The van der Waals surface area contributed by atoms with Crippen molar-refractivity contribution in [2.24, 2.45) is 22.4 Å². The summed E-state index contributed by atoms with van der Waals surface area (Å²) in [6.45, 7) is 7.57. The number of carbonyl (C=O) groups is 2. The Hall–Kier alpha value is -1.65. The lowest BCUT2D eigenvalue weighted by atomic mass is 10.1. The summed E-state index contributed by atoms with van der Waals surface area (Å²) in [6.07, 6.45) is 4.87. The van der Waals surface area contributed by atoms with Crippen molar-refractivity contribution in [3.05, 3.63) is 12.2 Å². The van der Waals surface area contributed by atoms with E-state index in [0.717, 1.165) is 0 Å². The van der Waals surface area contributed by atoms with Gasteiger partial charge in [0.2, 0.25) is 0 Å². The van der Waals surface area contributed by atoms with Crippen molar-refractivity contribution < 1.29 is 19.2 Å². The molecule has 1 rings (SSSR count). The van der Waals surface area contributed by atoms with E-state index in [1.165, 1.54) is 13.0 Å². The highest BCUT2D eigenvalue weighted by Gasteiger charge is 2.55. The van der Waals surface area contributed by atoms with Crippen LogP contribution in [0.15, 0.2) is 17.3 Å². The van der Waals surface area contributed by atoms with E-state index >= 15 is 0 Å². The predicted molar refractivity (Wildman–Crippen MR) is 66.8 cm³/mol. The van der Waals surface area contributed by atoms with Gasteiger partial charge in [0, 0.05) is 25.1 Å². The van der Waals surface area contributed by atoms with Crippen molar-refractivity contribution in [1.29, 1.82) is 0 Å². The van der Waals surface area contributed by atoms with Gasteiger partial charge in [-0.3, -0.25) is 0 Å². The van der Waals surface area contributed by atoms with Gasteiger partial charge in [-0.2, -0.15) is 0 Å². The van der Waals surface area contributed by atoms with Crippen molar-refractivity contribution in [2.75, 3.05) is 6.61 Å². The first kappa shape index (κ1) is 14.4. The number of ether oxygens (including phenoxy) is 1. The van der Waals surface area contributed by atoms with Gasteiger partial charge < -0.3 is 9.57 Å². The summed E-state index contributed by atoms with van der Waals surface area (Å²) < 4.78 is 4.81. The van der Waals surface area contributed by atoms with Crippen molar-refractivity contribution in [3.63, 3.8) is 0 Å². The second-order valence-electron chi connectivity index (χ2n) is 4.82. The smallest absolute Gasteiger partial charge is 0.331 e. The van der Waals surface area contributed by atoms with Crippen LogP contribution >= 0.6 is 0 Å². The predicted octanol–water partition coefficient (Wildman–Crippen LogP) is 1.93. The fraction of sp³-hybridized carbons (Fsp3) is 0.615. The van der Waals surface area contributed by atoms with Gasteiger partial charge in [0.25, 0.3) is 0 Å². The molecule has 5 heteroatoms. The summed E-state index contributed by atoms with van der Waals surface area (Å²) in [5.41, 5.74) is 0.0205. The number of nitrogens with zero attached hydrogens (tertiary/aromatic N) is 1. The van der Waals surface area contributed by atoms with E-state index in [4.69, 9.17) is 4.74 Å². The van der Waals surface area contributed by atoms with Crippen molar-refractivity contribution >= 4 is 18.2 Å².